The standard InChI is InChI=1S/C11H12BrClO/c1-7-3-4-9(5-10(7)6-12)11(14)8(2)13/h3-5,8H,6H2,1-2H3. The molecule has 1 unspecified atom stereocenters. The third-order valence-corrected chi connectivity index (χ3v) is 2.94. The number of carbonyl (C=O) groups excluding carboxylic acids is 1. The number of aryl methyl sites for hydroxylation is 1. The fourth-order valence-electron chi connectivity index (χ4n) is 1.20. The molecule has 0 heterocycles. The zero-order valence-electron chi connectivity index (χ0n) is 8.18. The van der Waals surface area contributed by atoms with Gasteiger partial charge in [0.25, 0.3) is 0 Å². The lowest BCUT2D eigenvalue weighted by Gasteiger charge is -2.06. The highest BCUT2D eigenvalue weighted by atomic mass is 79.9. The molecule has 0 radical (unpaired) electrons. The third-order valence-electron chi connectivity index (χ3n) is 2.14. The lowest BCUT2D eigenvalue weighted by atomic mass is 10.0. The molecule has 0 fully saturated rings. The van der Waals surface area contributed by atoms with Gasteiger partial charge in [-0.05, 0) is 31.0 Å². The van der Waals surface area contributed by atoms with Gasteiger partial charge in [-0.1, -0.05) is 28.1 Å². The van der Waals surface area contributed by atoms with E-state index in [1.54, 1.807) is 6.92 Å². The molecule has 1 rings (SSSR count). The highest BCUT2D eigenvalue weighted by Crippen LogP contribution is 2.16. The van der Waals surface area contributed by atoms with Gasteiger partial charge < -0.3 is 0 Å². The van der Waals surface area contributed by atoms with E-state index >= 15 is 0 Å². The van der Waals surface area contributed by atoms with Crippen molar-refractivity contribution in [2.24, 2.45) is 0 Å². The fraction of sp³-hybridized carbons (Fsp3) is 0.364. The summed E-state index contributed by atoms with van der Waals surface area (Å²) in [5.41, 5.74) is 3.00. The van der Waals surface area contributed by atoms with E-state index in [9.17, 15) is 4.79 Å². The number of Topliss-reactive ketones (excluding diaryl/α,β-unsaturated/α-hetero) is 1. The predicted molar refractivity (Wildman–Crippen MR) is 63.5 cm³/mol. The maximum atomic E-state index is 11.6. The minimum absolute atomic E-state index is 0.0196. The number of ketones is 1. The van der Waals surface area contributed by atoms with Crippen LogP contribution >= 0.6 is 27.5 Å². The first-order chi connectivity index (χ1) is 6.56. The Morgan fingerprint density at radius 1 is 1.57 bits per heavy atom. The van der Waals surface area contributed by atoms with Gasteiger partial charge in [-0.3, -0.25) is 4.79 Å². The molecule has 0 aromatic heterocycles. The number of halogens is 2. The summed E-state index contributed by atoms with van der Waals surface area (Å²) >= 11 is 9.12. The molecule has 0 bridgehead atoms. The predicted octanol–water partition coefficient (Wildman–Crippen LogP) is 3.70. The summed E-state index contributed by atoms with van der Waals surface area (Å²) in [5.74, 6) is -0.0196. The van der Waals surface area contributed by atoms with Crippen molar-refractivity contribution >= 4 is 33.3 Å². The average molecular weight is 276 g/mol. The first-order valence-electron chi connectivity index (χ1n) is 4.40. The Hall–Kier alpha value is -0.340. The van der Waals surface area contributed by atoms with Crippen molar-refractivity contribution < 1.29 is 4.79 Å². The molecule has 0 aliphatic rings. The van der Waals surface area contributed by atoms with Crippen LogP contribution in [0.2, 0.25) is 0 Å². The monoisotopic (exact) mass is 274 g/mol. The van der Waals surface area contributed by atoms with Gasteiger partial charge >= 0.3 is 0 Å². The zero-order valence-corrected chi connectivity index (χ0v) is 10.5. The number of rotatable bonds is 3. The molecule has 0 spiro atoms. The van der Waals surface area contributed by atoms with E-state index in [-0.39, 0.29) is 5.78 Å². The molecule has 76 valence electrons. The van der Waals surface area contributed by atoms with E-state index in [2.05, 4.69) is 15.9 Å². The zero-order chi connectivity index (χ0) is 10.7. The highest BCUT2D eigenvalue weighted by molar-refractivity contribution is 9.08. The Labute approximate surface area is 97.6 Å². The van der Waals surface area contributed by atoms with Gasteiger partial charge in [0.2, 0.25) is 0 Å². The van der Waals surface area contributed by atoms with Crippen LogP contribution in [0, 0.1) is 6.92 Å². The van der Waals surface area contributed by atoms with Crippen LogP contribution in [0.15, 0.2) is 18.2 Å². The van der Waals surface area contributed by atoms with Crippen molar-refractivity contribution in [3.63, 3.8) is 0 Å². The Bertz CT molecular complexity index is 347. The Morgan fingerprint density at radius 2 is 2.21 bits per heavy atom. The maximum absolute atomic E-state index is 11.6. The SMILES string of the molecule is Cc1ccc(C(=O)C(C)Cl)cc1CBr. The summed E-state index contributed by atoms with van der Waals surface area (Å²) in [4.78, 5) is 11.6. The van der Waals surface area contributed by atoms with Gasteiger partial charge in [0, 0.05) is 10.9 Å². The van der Waals surface area contributed by atoms with Crippen LogP contribution in [0.3, 0.4) is 0 Å². The summed E-state index contributed by atoms with van der Waals surface area (Å²) in [6, 6.07) is 5.66. The molecule has 0 saturated carbocycles. The molecule has 1 nitrogen and oxygen atoms in total. The first-order valence-corrected chi connectivity index (χ1v) is 5.96. The Kier molecular flexibility index (Phi) is 4.14. The molecule has 3 heteroatoms. The maximum Gasteiger partial charge on any atom is 0.180 e. The molecule has 14 heavy (non-hydrogen) atoms. The molecule has 1 atom stereocenters. The van der Waals surface area contributed by atoms with Gasteiger partial charge in [0.05, 0.1) is 5.38 Å². The highest BCUT2D eigenvalue weighted by Gasteiger charge is 2.12. The van der Waals surface area contributed by atoms with Crippen LogP contribution in [0.25, 0.3) is 0 Å². The summed E-state index contributed by atoms with van der Waals surface area (Å²) < 4.78 is 0. The quantitative estimate of drug-likeness (QED) is 0.607. The molecule has 0 amide bonds. The van der Waals surface area contributed by atoms with Gasteiger partial charge in [-0.25, -0.2) is 0 Å². The van der Waals surface area contributed by atoms with Gasteiger partial charge in [-0.2, -0.15) is 0 Å². The second-order valence-corrected chi connectivity index (χ2v) is 4.47. The minimum atomic E-state index is -0.458. The number of alkyl halides is 2. The van der Waals surface area contributed by atoms with E-state index in [1.165, 1.54) is 5.56 Å². The fourth-order valence-corrected chi connectivity index (χ4v) is 1.93. The van der Waals surface area contributed by atoms with Crippen molar-refractivity contribution in [1.29, 1.82) is 0 Å². The molecular weight excluding hydrogens is 263 g/mol. The van der Waals surface area contributed by atoms with E-state index < -0.39 is 5.38 Å². The number of hydrogen-bond donors (Lipinski definition) is 0. The second kappa shape index (κ2) is 4.94. The summed E-state index contributed by atoms with van der Waals surface area (Å²) in [6.07, 6.45) is 0. The molecule has 0 aliphatic heterocycles. The largest absolute Gasteiger partial charge is 0.293 e. The van der Waals surface area contributed by atoms with Crippen LogP contribution in [-0.2, 0) is 5.33 Å². The van der Waals surface area contributed by atoms with E-state index in [0.717, 1.165) is 10.9 Å². The van der Waals surface area contributed by atoms with Gasteiger partial charge in [0.15, 0.2) is 5.78 Å². The summed E-state index contributed by atoms with van der Waals surface area (Å²) in [7, 11) is 0. The van der Waals surface area contributed by atoms with Crippen molar-refractivity contribution in [1.82, 2.24) is 0 Å². The Balaban J connectivity index is 3.06. The molecule has 1 aromatic rings. The lowest BCUT2D eigenvalue weighted by molar-refractivity contribution is 0.0991. The molecule has 1 aromatic carbocycles. The normalized spacial score (nSPS) is 12.6. The third kappa shape index (κ3) is 2.58. The minimum Gasteiger partial charge on any atom is -0.293 e. The second-order valence-electron chi connectivity index (χ2n) is 3.26. The molecular formula is C11H12BrClO. The van der Waals surface area contributed by atoms with Crippen LogP contribution in [0.5, 0.6) is 0 Å². The lowest BCUT2D eigenvalue weighted by Crippen LogP contribution is -2.10. The van der Waals surface area contributed by atoms with Crippen molar-refractivity contribution in [2.75, 3.05) is 0 Å². The van der Waals surface area contributed by atoms with E-state index in [1.807, 2.05) is 25.1 Å². The topological polar surface area (TPSA) is 17.1 Å². The number of benzene rings is 1. The van der Waals surface area contributed by atoms with E-state index in [0.29, 0.717) is 5.56 Å². The Morgan fingerprint density at radius 3 is 2.71 bits per heavy atom. The van der Waals surface area contributed by atoms with Crippen molar-refractivity contribution in [3.05, 3.63) is 34.9 Å². The van der Waals surface area contributed by atoms with Crippen LogP contribution < -0.4 is 0 Å². The number of hydrogen-bond acceptors (Lipinski definition) is 1. The summed E-state index contributed by atoms with van der Waals surface area (Å²) in [6.45, 7) is 3.71. The van der Waals surface area contributed by atoms with Crippen molar-refractivity contribution in [2.45, 2.75) is 24.6 Å². The smallest absolute Gasteiger partial charge is 0.180 e. The van der Waals surface area contributed by atoms with Crippen LogP contribution in [0.4, 0.5) is 0 Å². The van der Waals surface area contributed by atoms with Crippen LogP contribution in [-0.4, -0.2) is 11.2 Å². The van der Waals surface area contributed by atoms with Crippen molar-refractivity contribution in [3.8, 4) is 0 Å². The first kappa shape index (κ1) is 11.7. The average Bonchev–Trinajstić information content (AvgIpc) is 2.17. The number of carbonyl (C=O) groups is 1. The molecule has 0 N–H and O–H groups in total. The van der Waals surface area contributed by atoms with E-state index in [4.69, 9.17) is 11.6 Å². The summed E-state index contributed by atoms with van der Waals surface area (Å²) in [5, 5.41) is 0.303. The van der Waals surface area contributed by atoms with Crippen LogP contribution in [0.1, 0.15) is 28.4 Å². The molecule has 0 aliphatic carbocycles. The van der Waals surface area contributed by atoms with Gasteiger partial charge in [-0.15, -0.1) is 11.6 Å². The molecule has 0 saturated heterocycles. The van der Waals surface area contributed by atoms with Gasteiger partial charge in [0.1, 0.15) is 0 Å².